The summed E-state index contributed by atoms with van der Waals surface area (Å²) in [6, 6.07) is 9.76. The number of fused-ring (bicyclic) bond motifs is 1. The zero-order chi connectivity index (χ0) is 13.2. The molecule has 1 aliphatic heterocycles. The van der Waals surface area contributed by atoms with Gasteiger partial charge >= 0.3 is 0 Å². The number of hydrogen-bond acceptors (Lipinski definition) is 5. The van der Waals surface area contributed by atoms with Gasteiger partial charge in [-0.3, -0.25) is 0 Å². The molecule has 19 heavy (non-hydrogen) atoms. The molecular formula is C14H15N5. The van der Waals surface area contributed by atoms with Crippen LogP contribution in [0.3, 0.4) is 0 Å². The molecule has 5 nitrogen and oxygen atoms in total. The summed E-state index contributed by atoms with van der Waals surface area (Å²) in [5.41, 5.74) is 8.94. The number of para-hydroxylation sites is 1. The van der Waals surface area contributed by atoms with Gasteiger partial charge in [-0.2, -0.15) is 9.97 Å². The molecule has 2 aromatic rings. The molecule has 0 bridgehead atoms. The summed E-state index contributed by atoms with van der Waals surface area (Å²) < 4.78 is 0. The summed E-state index contributed by atoms with van der Waals surface area (Å²) in [5.74, 6) is 1.69. The molecule has 0 radical (unpaired) electrons. The third kappa shape index (κ3) is 2.40. The minimum absolute atomic E-state index is 0.487. The molecule has 3 N–H and O–H groups in total. The standard InChI is InChI=1S/C14H15N5/c1-9-7-8-11-12(15)18-14(19-13(11)16-9)17-10-5-3-2-4-6-10/h2-6H,7-8H2,1H3,(H3,15,17,18,19). The Morgan fingerprint density at radius 3 is 2.68 bits per heavy atom. The number of hydrogen-bond donors (Lipinski definition) is 2. The second-order valence-corrected chi connectivity index (χ2v) is 4.57. The number of nitrogens with zero attached hydrogens (tertiary/aromatic N) is 3. The summed E-state index contributed by atoms with van der Waals surface area (Å²) >= 11 is 0. The highest BCUT2D eigenvalue weighted by Crippen LogP contribution is 2.29. The van der Waals surface area contributed by atoms with Crippen LogP contribution < -0.4 is 11.1 Å². The van der Waals surface area contributed by atoms with Crippen LogP contribution in [0.5, 0.6) is 0 Å². The largest absolute Gasteiger partial charge is 0.383 e. The summed E-state index contributed by atoms with van der Waals surface area (Å²) in [6.45, 7) is 2.01. The maximum atomic E-state index is 5.98. The van der Waals surface area contributed by atoms with Crippen LogP contribution in [0, 0.1) is 0 Å². The highest BCUT2D eigenvalue weighted by atomic mass is 15.2. The maximum Gasteiger partial charge on any atom is 0.231 e. The summed E-state index contributed by atoms with van der Waals surface area (Å²) in [6.07, 6.45) is 1.79. The van der Waals surface area contributed by atoms with E-state index < -0.39 is 0 Å². The molecule has 3 rings (SSSR count). The molecule has 2 heterocycles. The van der Waals surface area contributed by atoms with E-state index in [9.17, 15) is 0 Å². The summed E-state index contributed by atoms with van der Waals surface area (Å²) in [4.78, 5) is 13.2. The number of benzene rings is 1. The molecule has 0 fully saturated rings. The van der Waals surface area contributed by atoms with Crippen molar-refractivity contribution in [2.45, 2.75) is 19.8 Å². The number of nitrogens with two attached hydrogens (primary N) is 1. The first-order chi connectivity index (χ1) is 9.22. The topological polar surface area (TPSA) is 76.2 Å². The first-order valence-electron chi connectivity index (χ1n) is 6.25. The van der Waals surface area contributed by atoms with Gasteiger partial charge in [0.25, 0.3) is 0 Å². The lowest BCUT2D eigenvalue weighted by Gasteiger charge is -2.15. The molecule has 1 aromatic carbocycles. The van der Waals surface area contributed by atoms with Crippen molar-refractivity contribution in [3.05, 3.63) is 35.9 Å². The molecule has 0 aliphatic carbocycles. The maximum absolute atomic E-state index is 5.98. The van der Waals surface area contributed by atoms with Crippen molar-refractivity contribution in [1.29, 1.82) is 0 Å². The fraction of sp³-hybridized carbons (Fsp3) is 0.214. The van der Waals surface area contributed by atoms with Gasteiger partial charge in [-0.25, -0.2) is 4.99 Å². The van der Waals surface area contributed by atoms with Gasteiger partial charge in [-0.1, -0.05) is 18.2 Å². The van der Waals surface area contributed by atoms with Crippen molar-refractivity contribution in [3.63, 3.8) is 0 Å². The molecular weight excluding hydrogens is 238 g/mol. The lowest BCUT2D eigenvalue weighted by atomic mass is 10.1. The minimum Gasteiger partial charge on any atom is -0.383 e. The van der Waals surface area contributed by atoms with E-state index in [2.05, 4.69) is 20.3 Å². The fourth-order valence-electron chi connectivity index (χ4n) is 2.07. The van der Waals surface area contributed by atoms with Crippen molar-refractivity contribution in [1.82, 2.24) is 9.97 Å². The van der Waals surface area contributed by atoms with Crippen molar-refractivity contribution in [3.8, 4) is 0 Å². The van der Waals surface area contributed by atoms with E-state index in [1.807, 2.05) is 37.3 Å². The van der Waals surface area contributed by atoms with Crippen LogP contribution in [-0.2, 0) is 6.42 Å². The Balaban J connectivity index is 1.97. The van der Waals surface area contributed by atoms with Gasteiger partial charge in [0.05, 0.1) is 0 Å². The molecule has 0 spiro atoms. The number of aromatic nitrogens is 2. The van der Waals surface area contributed by atoms with E-state index in [4.69, 9.17) is 5.73 Å². The Labute approximate surface area is 111 Å². The average Bonchev–Trinajstić information content (AvgIpc) is 2.39. The Bertz CT molecular complexity index is 634. The van der Waals surface area contributed by atoms with Gasteiger partial charge in [-0.15, -0.1) is 0 Å². The summed E-state index contributed by atoms with van der Waals surface area (Å²) in [5, 5.41) is 3.14. The molecule has 0 saturated heterocycles. The first kappa shape index (κ1) is 11.6. The molecule has 1 aliphatic rings. The Morgan fingerprint density at radius 2 is 1.89 bits per heavy atom. The smallest absolute Gasteiger partial charge is 0.231 e. The van der Waals surface area contributed by atoms with Gasteiger partial charge in [-0.05, 0) is 31.9 Å². The third-order valence-electron chi connectivity index (χ3n) is 3.08. The van der Waals surface area contributed by atoms with Crippen LogP contribution in [0.15, 0.2) is 35.3 Å². The monoisotopic (exact) mass is 253 g/mol. The van der Waals surface area contributed by atoms with Crippen LogP contribution in [0.25, 0.3) is 0 Å². The second kappa shape index (κ2) is 4.68. The van der Waals surface area contributed by atoms with E-state index in [1.54, 1.807) is 0 Å². The third-order valence-corrected chi connectivity index (χ3v) is 3.08. The van der Waals surface area contributed by atoms with Crippen molar-refractivity contribution < 1.29 is 0 Å². The molecule has 1 aromatic heterocycles. The van der Waals surface area contributed by atoms with Gasteiger partial charge in [0, 0.05) is 17.0 Å². The Morgan fingerprint density at radius 1 is 1.11 bits per heavy atom. The highest BCUT2D eigenvalue weighted by molar-refractivity contribution is 5.87. The SMILES string of the molecule is CC1=Nc2nc(Nc3ccccc3)nc(N)c2CC1. The predicted molar refractivity (Wildman–Crippen MR) is 77.3 cm³/mol. The van der Waals surface area contributed by atoms with E-state index in [-0.39, 0.29) is 0 Å². The average molecular weight is 253 g/mol. The van der Waals surface area contributed by atoms with E-state index in [1.165, 1.54) is 0 Å². The van der Waals surface area contributed by atoms with E-state index >= 15 is 0 Å². The zero-order valence-corrected chi connectivity index (χ0v) is 10.7. The van der Waals surface area contributed by atoms with Crippen LogP contribution >= 0.6 is 0 Å². The van der Waals surface area contributed by atoms with Gasteiger partial charge < -0.3 is 11.1 Å². The normalized spacial score (nSPS) is 13.6. The number of anilines is 3. The molecule has 0 atom stereocenters. The van der Waals surface area contributed by atoms with Gasteiger partial charge in [0.15, 0.2) is 5.82 Å². The molecule has 5 heteroatoms. The van der Waals surface area contributed by atoms with Crippen LogP contribution in [0.2, 0.25) is 0 Å². The van der Waals surface area contributed by atoms with Crippen LogP contribution in [0.4, 0.5) is 23.3 Å². The van der Waals surface area contributed by atoms with Crippen molar-refractivity contribution >= 4 is 29.0 Å². The number of rotatable bonds is 2. The first-order valence-corrected chi connectivity index (χ1v) is 6.25. The lowest BCUT2D eigenvalue weighted by molar-refractivity contribution is 0.961. The predicted octanol–water partition coefficient (Wildman–Crippen LogP) is 2.84. The van der Waals surface area contributed by atoms with Crippen molar-refractivity contribution in [2.75, 3.05) is 11.1 Å². The lowest BCUT2D eigenvalue weighted by Crippen LogP contribution is -2.10. The number of aliphatic imine (C=N–C) groups is 1. The van der Waals surface area contributed by atoms with Crippen LogP contribution in [0.1, 0.15) is 18.9 Å². The highest BCUT2D eigenvalue weighted by Gasteiger charge is 2.16. The van der Waals surface area contributed by atoms with Crippen molar-refractivity contribution in [2.24, 2.45) is 4.99 Å². The zero-order valence-electron chi connectivity index (χ0n) is 10.7. The van der Waals surface area contributed by atoms with Crippen LogP contribution in [-0.4, -0.2) is 15.7 Å². The quantitative estimate of drug-likeness (QED) is 0.862. The fourth-order valence-corrected chi connectivity index (χ4v) is 2.07. The Kier molecular flexibility index (Phi) is 2.87. The number of nitrogens with one attached hydrogen (secondary N) is 1. The number of nitrogen functional groups attached to an aromatic ring is 1. The second-order valence-electron chi connectivity index (χ2n) is 4.57. The molecule has 96 valence electrons. The van der Waals surface area contributed by atoms with Gasteiger partial charge in [0.1, 0.15) is 5.82 Å². The van der Waals surface area contributed by atoms with E-state index in [0.717, 1.165) is 29.8 Å². The molecule has 0 saturated carbocycles. The minimum atomic E-state index is 0.487. The molecule has 0 amide bonds. The van der Waals surface area contributed by atoms with E-state index in [0.29, 0.717) is 17.6 Å². The molecule has 0 unspecified atom stereocenters. The Hall–Kier alpha value is -2.43. The van der Waals surface area contributed by atoms with Gasteiger partial charge in [0.2, 0.25) is 5.95 Å². The summed E-state index contributed by atoms with van der Waals surface area (Å²) in [7, 11) is 0.